The molecule has 0 unspecified atom stereocenters. The molecular formula is C22H22N2O3. The van der Waals surface area contributed by atoms with Crippen LogP contribution in [0.15, 0.2) is 79.0 Å². The van der Waals surface area contributed by atoms with Crippen LogP contribution in [0.25, 0.3) is 0 Å². The molecule has 0 spiro atoms. The van der Waals surface area contributed by atoms with Crippen molar-refractivity contribution in [3.05, 3.63) is 84.7 Å². The summed E-state index contributed by atoms with van der Waals surface area (Å²) < 4.78 is 11.3. The van der Waals surface area contributed by atoms with Gasteiger partial charge in [0.15, 0.2) is 0 Å². The molecule has 0 radical (unpaired) electrons. The van der Waals surface area contributed by atoms with Gasteiger partial charge in [-0.1, -0.05) is 30.3 Å². The van der Waals surface area contributed by atoms with Gasteiger partial charge in [-0.2, -0.15) is 0 Å². The molecule has 5 heteroatoms. The second kappa shape index (κ2) is 9.97. The van der Waals surface area contributed by atoms with Gasteiger partial charge in [-0.05, 0) is 42.8 Å². The first-order chi connectivity index (χ1) is 13.3. The van der Waals surface area contributed by atoms with Crippen LogP contribution in [-0.2, 0) is 11.4 Å². The monoisotopic (exact) mass is 362 g/mol. The number of anilines is 1. The molecule has 1 amide bonds. The summed E-state index contributed by atoms with van der Waals surface area (Å²) in [6.45, 7) is 0.889. The van der Waals surface area contributed by atoms with E-state index in [4.69, 9.17) is 9.47 Å². The lowest BCUT2D eigenvalue weighted by molar-refractivity contribution is -0.116. The lowest BCUT2D eigenvalue weighted by Crippen LogP contribution is -2.12. The molecule has 0 aliphatic rings. The fraction of sp³-hybridized carbons (Fsp3) is 0.182. The molecule has 27 heavy (non-hydrogen) atoms. The Hall–Kier alpha value is -3.34. The van der Waals surface area contributed by atoms with E-state index in [1.165, 1.54) is 0 Å². The Bertz CT molecular complexity index is 838. The Balaban J connectivity index is 1.41. The number of ether oxygens (including phenoxy) is 2. The third-order valence-corrected chi connectivity index (χ3v) is 3.79. The van der Waals surface area contributed by atoms with Crippen LogP contribution >= 0.6 is 0 Å². The highest BCUT2D eigenvalue weighted by Gasteiger charge is 2.04. The molecule has 5 nitrogen and oxygen atoms in total. The van der Waals surface area contributed by atoms with Crippen LogP contribution in [0.1, 0.15) is 18.5 Å². The molecule has 0 aliphatic carbocycles. The highest BCUT2D eigenvalue weighted by Crippen LogP contribution is 2.18. The first kappa shape index (κ1) is 18.5. The van der Waals surface area contributed by atoms with Crippen LogP contribution < -0.4 is 14.8 Å². The Morgan fingerprint density at radius 2 is 1.70 bits per heavy atom. The van der Waals surface area contributed by atoms with Gasteiger partial charge < -0.3 is 14.8 Å². The summed E-state index contributed by atoms with van der Waals surface area (Å²) in [6, 6.07) is 22.6. The number of nitrogens with one attached hydrogen (secondary N) is 1. The molecule has 0 aliphatic heterocycles. The third-order valence-electron chi connectivity index (χ3n) is 3.79. The van der Waals surface area contributed by atoms with Gasteiger partial charge in [-0.3, -0.25) is 9.78 Å². The number of carbonyl (C=O) groups excluding carboxylic acids is 1. The van der Waals surface area contributed by atoms with Gasteiger partial charge in [0, 0.05) is 24.4 Å². The van der Waals surface area contributed by atoms with Crippen LogP contribution in [0.2, 0.25) is 0 Å². The Morgan fingerprint density at radius 1 is 0.889 bits per heavy atom. The molecule has 0 saturated carbocycles. The van der Waals surface area contributed by atoms with E-state index in [0.717, 1.165) is 11.4 Å². The highest BCUT2D eigenvalue weighted by atomic mass is 16.5. The standard InChI is InChI=1S/C22H22N2O3/c25-22(13-7-15-26-20-10-2-1-3-11-20)24-18-9-6-12-21(16-18)27-17-19-8-4-5-14-23-19/h1-6,8-12,14,16H,7,13,15,17H2,(H,24,25). The first-order valence-electron chi connectivity index (χ1n) is 8.90. The van der Waals surface area contributed by atoms with Crippen molar-refractivity contribution >= 4 is 11.6 Å². The van der Waals surface area contributed by atoms with E-state index < -0.39 is 0 Å². The van der Waals surface area contributed by atoms with Crippen LogP contribution in [0.4, 0.5) is 5.69 Å². The van der Waals surface area contributed by atoms with Crippen LogP contribution in [0.5, 0.6) is 11.5 Å². The molecule has 1 aromatic heterocycles. The van der Waals surface area contributed by atoms with E-state index in [0.29, 0.717) is 37.5 Å². The molecule has 0 fully saturated rings. The third kappa shape index (κ3) is 6.47. The molecule has 3 rings (SSSR count). The number of amides is 1. The Kier molecular flexibility index (Phi) is 6.81. The maximum absolute atomic E-state index is 12.1. The zero-order valence-electron chi connectivity index (χ0n) is 15.0. The summed E-state index contributed by atoms with van der Waals surface area (Å²) in [5, 5.41) is 2.89. The van der Waals surface area contributed by atoms with Gasteiger partial charge in [-0.15, -0.1) is 0 Å². The van der Waals surface area contributed by atoms with Crippen molar-refractivity contribution < 1.29 is 14.3 Å². The molecule has 1 heterocycles. The van der Waals surface area contributed by atoms with Crippen molar-refractivity contribution in [2.45, 2.75) is 19.4 Å². The lowest BCUT2D eigenvalue weighted by atomic mass is 10.2. The maximum atomic E-state index is 12.1. The minimum Gasteiger partial charge on any atom is -0.494 e. The number of carbonyl (C=O) groups is 1. The second-order valence-corrected chi connectivity index (χ2v) is 5.95. The molecule has 0 saturated heterocycles. The number of para-hydroxylation sites is 1. The fourth-order valence-electron chi connectivity index (χ4n) is 2.47. The number of aromatic nitrogens is 1. The number of nitrogens with zero attached hydrogens (tertiary/aromatic N) is 1. The second-order valence-electron chi connectivity index (χ2n) is 5.95. The normalized spacial score (nSPS) is 10.2. The predicted molar refractivity (Wildman–Crippen MR) is 105 cm³/mol. The summed E-state index contributed by atoms with van der Waals surface area (Å²) in [7, 11) is 0. The number of benzene rings is 2. The van der Waals surface area contributed by atoms with Gasteiger partial charge in [0.05, 0.1) is 12.3 Å². The topological polar surface area (TPSA) is 60.5 Å². The van der Waals surface area contributed by atoms with Crippen LogP contribution in [0.3, 0.4) is 0 Å². The van der Waals surface area contributed by atoms with Gasteiger partial charge in [-0.25, -0.2) is 0 Å². The van der Waals surface area contributed by atoms with Crippen molar-refractivity contribution in [3.63, 3.8) is 0 Å². The summed E-state index contributed by atoms with van der Waals surface area (Å²) in [5.74, 6) is 1.45. The molecule has 3 aromatic rings. The highest BCUT2D eigenvalue weighted by molar-refractivity contribution is 5.90. The summed E-state index contributed by atoms with van der Waals surface area (Å²) >= 11 is 0. The summed E-state index contributed by atoms with van der Waals surface area (Å²) in [5.41, 5.74) is 1.56. The molecule has 1 N–H and O–H groups in total. The smallest absolute Gasteiger partial charge is 0.224 e. The van der Waals surface area contributed by atoms with Crippen molar-refractivity contribution in [1.29, 1.82) is 0 Å². The average molecular weight is 362 g/mol. The lowest BCUT2D eigenvalue weighted by Gasteiger charge is -2.09. The van der Waals surface area contributed by atoms with E-state index >= 15 is 0 Å². The number of hydrogen-bond donors (Lipinski definition) is 1. The zero-order valence-corrected chi connectivity index (χ0v) is 15.0. The van der Waals surface area contributed by atoms with E-state index in [2.05, 4.69) is 10.3 Å². The van der Waals surface area contributed by atoms with E-state index in [1.54, 1.807) is 12.3 Å². The quantitative estimate of drug-likeness (QED) is 0.571. The Morgan fingerprint density at radius 3 is 2.52 bits per heavy atom. The minimum absolute atomic E-state index is 0.0477. The predicted octanol–water partition coefficient (Wildman–Crippen LogP) is 4.46. The van der Waals surface area contributed by atoms with Crippen LogP contribution in [-0.4, -0.2) is 17.5 Å². The SMILES string of the molecule is O=C(CCCOc1ccccc1)Nc1cccc(OCc2ccccn2)c1. The molecule has 0 atom stereocenters. The van der Waals surface area contributed by atoms with Crippen molar-refractivity contribution in [1.82, 2.24) is 4.98 Å². The molecule has 2 aromatic carbocycles. The maximum Gasteiger partial charge on any atom is 0.224 e. The summed E-state index contributed by atoms with van der Waals surface area (Å²) in [4.78, 5) is 16.3. The van der Waals surface area contributed by atoms with E-state index in [-0.39, 0.29) is 5.91 Å². The summed E-state index contributed by atoms with van der Waals surface area (Å²) in [6.07, 6.45) is 2.78. The molecular weight excluding hydrogens is 340 g/mol. The van der Waals surface area contributed by atoms with Crippen molar-refractivity contribution in [3.8, 4) is 11.5 Å². The van der Waals surface area contributed by atoms with Gasteiger partial charge in [0.25, 0.3) is 0 Å². The van der Waals surface area contributed by atoms with Gasteiger partial charge in [0.2, 0.25) is 5.91 Å². The average Bonchev–Trinajstić information content (AvgIpc) is 2.72. The first-order valence-corrected chi connectivity index (χ1v) is 8.90. The van der Waals surface area contributed by atoms with E-state index in [9.17, 15) is 4.79 Å². The minimum atomic E-state index is -0.0477. The number of pyridine rings is 1. The van der Waals surface area contributed by atoms with Gasteiger partial charge in [0.1, 0.15) is 18.1 Å². The zero-order chi connectivity index (χ0) is 18.7. The Labute approximate surface area is 159 Å². The van der Waals surface area contributed by atoms with Gasteiger partial charge >= 0.3 is 0 Å². The van der Waals surface area contributed by atoms with Crippen molar-refractivity contribution in [2.75, 3.05) is 11.9 Å². The number of hydrogen-bond acceptors (Lipinski definition) is 4. The molecule has 0 bridgehead atoms. The number of rotatable bonds is 9. The largest absolute Gasteiger partial charge is 0.494 e. The molecule has 138 valence electrons. The van der Waals surface area contributed by atoms with E-state index in [1.807, 2.05) is 66.7 Å². The fourth-order valence-corrected chi connectivity index (χ4v) is 2.47. The van der Waals surface area contributed by atoms with Crippen LogP contribution in [0, 0.1) is 0 Å². The van der Waals surface area contributed by atoms with Crippen molar-refractivity contribution in [2.24, 2.45) is 0 Å².